The van der Waals surface area contributed by atoms with Crippen LogP contribution in [0.4, 0.5) is 11.5 Å². The molecule has 0 aliphatic carbocycles. The predicted octanol–water partition coefficient (Wildman–Crippen LogP) is 1.60. The molecule has 114 valence electrons. The summed E-state index contributed by atoms with van der Waals surface area (Å²) in [5, 5.41) is 0. The van der Waals surface area contributed by atoms with Gasteiger partial charge in [-0.25, -0.2) is 13.4 Å². The van der Waals surface area contributed by atoms with Crippen molar-refractivity contribution >= 4 is 37.5 Å². The molecule has 0 aliphatic heterocycles. The van der Waals surface area contributed by atoms with Crippen molar-refractivity contribution in [3.63, 3.8) is 0 Å². The van der Waals surface area contributed by atoms with Crippen LogP contribution >= 0.6 is 15.9 Å². The molecule has 0 aromatic carbocycles. The van der Waals surface area contributed by atoms with Crippen LogP contribution in [0, 0.1) is 0 Å². The lowest BCUT2D eigenvalue weighted by Crippen LogP contribution is -2.25. The standard InChI is InChI=1S/C12H21BrN4O2S/c1-16(2)6-5-7-17(3)12-11(15-20(4,18)19)8-10(13)9-14-12/h8-9,15H,5-7H2,1-4H3. The number of nitrogens with one attached hydrogen (secondary N) is 1. The Balaban J connectivity index is 2.87. The number of aromatic nitrogens is 1. The van der Waals surface area contributed by atoms with Gasteiger partial charge in [0.25, 0.3) is 0 Å². The second-order valence-corrected chi connectivity index (χ2v) is 7.64. The van der Waals surface area contributed by atoms with Crippen LogP contribution in [0.5, 0.6) is 0 Å². The van der Waals surface area contributed by atoms with Gasteiger partial charge in [-0.1, -0.05) is 0 Å². The van der Waals surface area contributed by atoms with Crippen LogP contribution < -0.4 is 9.62 Å². The van der Waals surface area contributed by atoms with E-state index in [2.05, 4.69) is 30.5 Å². The third-order valence-corrected chi connectivity index (χ3v) is 3.61. The fourth-order valence-corrected chi connectivity index (χ4v) is 2.62. The van der Waals surface area contributed by atoms with E-state index in [0.717, 1.165) is 30.2 Å². The molecule has 0 radical (unpaired) electrons. The molecule has 8 heteroatoms. The molecule has 0 spiro atoms. The molecule has 0 amide bonds. The Kier molecular flexibility index (Phi) is 6.22. The van der Waals surface area contributed by atoms with E-state index in [1.165, 1.54) is 0 Å². The molecule has 1 aromatic heterocycles. The SMILES string of the molecule is CN(C)CCCN(C)c1ncc(Br)cc1NS(C)(=O)=O. The summed E-state index contributed by atoms with van der Waals surface area (Å²) in [6.45, 7) is 1.76. The first-order valence-electron chi connectivity index (χ1n) is 6.18. The van der Waals surface area contributed by atoms with Crippen molar-refractivity contribution in [2.24, 2.45) is 0 Å². The van der Waals surface area contributed by atoms with Gasteiger partial charge in [-0.05, 0) is 49.1 Å². The third-order valence-electron chi connectivity index (χ3n) is 2.59. The zero-order chi connectivity index (χ0) is 15.3. The van der Waals surface area contributed by atoms with Crippen molar-refractivity contribution in [2.45, 2.75) is 6.42 Å². The quantitative estimate of drug-likeness (QED) is 0.795. The number of hydrogen-bond acceptors (Lipinski definition) is 5. The minimum absolute atomic E-state index is 0.481. The first kappa shape index (κ1) is 17.2. The van der Waals surface area contributed by atoms with Gasteiger partial charge < -0.3 is 9.80 Å². The number of anilines is 2. The molecular formula is C12H21BrN4O2S. The molecule has 1 rings (SSSR count). The van der Waals surface area contributed by atoms with Gasteiger partial charge >= 0.3 is 0 Å². The zero-order valence-corrected chi connectivity index (χ0v) is 14.6. The lowest BCUT2D eigenvalue weighted by Gasteiger charge is -2.22. The summed E-state index contributed by atoms with van der Waals surface area (Å²) in [4.78, 5) is 8.36. The van der Waals surface area contributed by atoms with Gasteiger partial charge in [0.2, 0.25) is 10.0 Å². The highest BCUT2D eigenvalue weighted by atomic mass is 79.9. The Morgan fingerprint density at radius 1 is 1.30 bits per heavy atom. The summed E-state index contributed by atoms with van der Waals surface area (Å²) in [6, 6.07) is 1.71. The zero-order valence-electron chi connectivity index (χ0n) is 12.2. The average Bonchev–Trinajstić information content (AvgIpc) is 2.25. The first-order chi connectivity index (χ1) is 9.19. The van der Waals surface area contributed by atoms with Crippen LogP contribution in [0.2, 0.25) is 0 Å². The lowest BCUT2D eigenvalue weighted by atomic mass is 10.3. The van der Waals surface area contributed by atoms with Gasteiger partial charge in [0.15, 0.2) is 5.82 Å². The van der Waals surface area contributed by atoms with Gasteiger partial charge in [-0.2, -0.15) is 0 Å². The van der Waals surface area contributed by atoms with Crippen molar-refractivity contribution in [1.82, 2.24) is 9.88 Å². The van der Waals surface area contributed by atoms with E-state index in [4.69, 9.17) is 0 Å². The molecule has 6 nitrogen and oxygen atoms in total. The van der Waals surface area contributed by atoms with Crippen molar-refractivity contribution in [2.75, 3.05) is 50.1 Å². The van der Waals surface area contributed by atoms with Crippen LogP contribution in [0.3, 0.4) is 0 Å². The van der Waals surface area contributed by atoms with E-state index in [0.29, 0.717) is 11.5 Å². The maximum Gasteiger partial charge on any atom is 0.229 e. The van der Waals surface area contributed by atoms with Crippen LogP contribution in [0.15, 0.2) is 16.7 Å². The number of hydrogen-bond donors (Lipinski definition) is 1. The van der Waals surface area contributed by atoms with Gasteiger partial charge in [0.05, 0.1) is 11.9 Å². The molecular weight excluding hydrogens is 344 g/mol. The lowest BCUT2D eigenvalue weighted by molar-refractivity contribution is 0.401. The number of pyridine rings is 1. The molecule has 0 saturated heterocycles. The van der Waals surface area contributed by atoms with Crippen molar-refractivity contribution in [1.29, 1.82) is 0 Å². The van der Waals surface area contributed by atoms with Crippen molar-refractivity contribution in [3.8, 4) is 0 Å². The Morgan fingerprint density at radius 3 is 2.50 bits per heavy atom. The fourth-order valence-electron chi connectivity index (χ4n) is 1.74. The van der Waals surface area contributed by atoms with Gasteiger partial charge in [-0.15, -0.1) is 0 Å². The Bertz CT molecular complexity index is 548. The minimum Gasteiger partial charge on any atom is -0.358 e. The first-order valence-corrected chi connectivity index (χ1v) is 8.86. The van der Waals surface area contributed by atoms with E-state index in [1.807, 2.05) is 26.0 Å². The maximum atomic E-state index is 11.4. The highest BCUT2D eigenvalue weighted by Gasteiger charge is 2.13. The molecule has 0 atom stereocenters. The summed E-state index contributed by atoms with van der Waals surface area (Å²) in [5.74, 6) is 0.623. The summed E-state index contributed by atoms with van der Waals surface area (Å²) in [5.41, 5.74) is 0.481. The largest absolute Gasteiger partial charge is 0.358 e. The number of sulfonamides is 1. The summed E-state index contributed by atoms with van der Waals surface area (Å²) >= 11 is 3.30. The molecule has 0 unspecified atom stereocenters. The predicted molar refractivity (Wildman–Crippen MR) is 86.8 cm³/mol. The molecule has 0 aliphatic rings. The summed E-state index contributed by atoms with van der Waals surface area (Å²) in [6.07, 6.45) is 3.76. The van der Waals surface area contributed by atoms with Gasteiger partial charge in [-0.3, -0.25) is 4.72 Å². The molecule has 0 saturated carbocycles. The van der Waals surface area contributed by atoms with Gasteiger partial charge in [0.1, 0.15) is 0 Å². The van der Waals surface area contributed by atoms with Crippen LogP contribution in [0.25, 0.3) is 0 Å². The maximum absolute atomic E-state index is 11.4. The second-order valence-electron chi connectivity index (χ2n) is 4.98. The number of halogens is 1. The molecule has 20 heavy (non-hydrogen) atoms. The third kappa shape index (κ3) is 6.06. The van der Waals surface area contributed by atoms with E-state index < -0.39 is 10.0 Å². The van der Waals surface area contributed by atoms with E-state index in [9.17, 15) is 8.42 Å². The molecule has 1 heterocycles. The van der Waals surface area contributed by atoms with E-state index in [1.54, 1.807) is 12.3 Å². The molecule has 1 aromatic rings. The van der Waals surface area contributed by atoms with Crippen LogP contribution in [0.1, 0.15) is 6.42 Å². The minimum atomic E-state index is -3.33. The molecule has 0 fully saturated rings. The molecule has 0 bridgehead atoms. The topological polar surface area (TPSA) is 65.5 Å². The van der Waals surface area contributed by atoms with Gasteiger partial charge in [0, 0.05) is 24.3 Å². The van der Waals surface area contributed by atoms with E-state index in [-0.39, 0.29) is 0 Å². The Hall–Kier alpha value is -0.860. The number of nitrogens with zero attached hydrogens (tertiary/aromatic N) is 3. The van der Waals surface area contributed by atoms with Crippen LogP contribution in [-0.2, 0) is 10.0 Å². The van der Waals surface area contributed by atoms with Crippen molar-refractivity contribution < 1.29 is 8.42 Å². The second kappa shape index (κ2) is 7.24. The van der Waals surface area contributed by atoms with E-state index >= 15 is 0 Å². The normalized spacial score (nSPS) is 11.7. The summed E-state index contributed by atoms with van der Waals surface area (Å²) < 4.78 is 26.1. The Labute approximate surface area is 129 Å². The Morgan fingerprint density at radius 2 is 1.95 bits per heavy atom. The van der Waals surface area contributed by atoms with Crippen LogP contribution in [-0.4, -0.2) is 58.8 Å². The fraction of sp³-hybridized carbons (Fsp3) is 0.583. The summed E-state index contributed by atoms with van der Waals surface area (Å²) in [7, 11) is 2.62. The monoisotopic (exact) mass is 364 g/mol. The molecule has 1 N–H and O–H groups in total. The highest BCUT2D eigenvalue weighted by Crippen LogP contribution is 2.26. The smallest absolute Gasteiger partial charge is 0.229 e. The van der Waals surface area contributed by atoms with Crippen molar-refractivity contribution in [3.05, 3.63) is 16.7 Å². The average molecular weight is 365 g/mol. The highest BCUT2D eigenvalue weighted by molar-refractivity contribution is 9.10. The number of rotatable bonds is 7.